The Morgan fingerprint density at radius 2 is 1.82 bits per heavy atom. The van der Waals surface area contributed by atoms with Crippen molar-refractivity contribution in [2.75, 3.05) is 0 Å². The van der Waals surface area contributed by atoms with Crippen LogP contribution in [-0.4, -0.2) is 30.1 Å². The molecule has 0 aromatic heterocycles. The van der Waals surface area contributed by atoms with E-state index in [0.29, 0.717) is 6.42 Å². The zero-order valence-corrected chi connectivity index (χ0v) is 23.0. The van der Waals surface area contributed by atoms with Gasteiger partial charge in [-0.3, -0.25) is 0 Å². The lowest BCUT2D eigenvalue weighted by Gasteiger charge is -2.34. The van der Waals surface area contributed by atoms with E-state index in [1.165, 1.54) is 35.1 Å². The lowest BCUT2D eigenvalue weighted by Crippen LogP contribution is -2.36. The molecule has 0 amide bonds. The van der Waals surface area contributed by atoms with Crippen molar-refractivity contribution in [1.82, 2.24) is 0 Å². The Morgan fingerprint density at radius 1 is 1.15 bits per heavy atom. The first-order valence-corrected chi connectivity index (χ1v) is 14.1. The molecule has 3 unspecified atom stereocenters. The molecule has 3 atom stereocenters. The molecule has 4 heteroatoms. The van der Waals surface area contributed by atoms with E-state index in [1.54, 1.807) is 0 Å². The molecule has 186 valence electrons. The summed E-state index contributed by atoms with van der Waals surface area (Å²) in [7, 11) is -3.48. The van der Waals surface area contributed by atoms with Crippen molar-refractivity contribution in [2.24, 2.45) is 5.41 Å². The predicted molar refractivity (Wildman–Crippen MR) is 142 cm³/mol. The van der Waals surface area contributed by atoms with Crippen molar-refractivity contribution in [3.63, 3.8) is 0 Å². The lowest BCUT2D eigenvalue weighted by molar-refractivity contribution is 0.213. The van der Waals surface area contributed by atoms with Crippen LogP contribution < -0.4 is 0 Å². The van der Waals surface area contributed by atoms with Gasteiger partial charge in [-0.15, -0.1) is 0 Å². The first-order valence-electron chi connectivity index (χ1n) is 12.5. The van der Waals surface area contributed by atoms with E-state index in [1.807, 2.05) is 19.9 Å². The van der Waals surface area contributed by atoms with E-state index in [0.717, 1.165) is 36.8 Å². The SMILES string of the molecule is CC(C)=CCC/C(C)=C/CC1C=C(C)C(C(O)/C(C)=C/CC2=C(C)CCCC2(C)C)S1(=O)=O. The minimum Gasteiger partial charge on any atom is -0.387 e. The quantitative estimate of drug-likeness (QED) is 0.354. The molecule has 2 rings (SSSR count). The Balaban J connectivity index is 2.11. The van der Waals surface area contributed by atoms with Crippen molar-refractivity contribution in [2.45, 2.75) is 117 Å². The fraction of sp³-hybridized carbons (Fsp3) is 0.655. The zero-order chi connectivity index (χ0) is 25.0. The number of allylic oxidation sites excluding steroid dienone is 7. The van der Waals surface area contributed by atoms with Gasteiger partial charge in [0, 0.05) is 0 Å². The summed E-state index contributed by atoms with van der Waals surface area (Å²) in [6, 6.07) is 0. The van der Waals surface area contributed by atoms with Crippen LogP contribution >= 0.6 is 0 Å². The summed E-state index contributed by atoms with van der Waals surface area (Å²) in [4.78, 5) is 0. The fourth-order valence-electron chi connectivity index (χ4n) is 5.32. The number of aliphatic hydroxyl groups is 1. The second-order valence-corrected chi connectivity index (χ2v) is 13.4. The van der Waals surface area contributed by atoms with E-state index < -0.39 is 26.4 Å². The zero-order valence-electron chi connectivity index (χ0n) is 22.2. The number of hydrogen-bond donors (Lipinski definition) is 1. The van der Waals surface area contributed by atoms with Crippen molar-refractivity contribution < 1.29 is 13.5 Å². The molecule has 2 aliphatic rings. The van der Waals surface area contributed by atoms with Crippen LogP contribution in [0.2, 0.25) is 0 Å². The highest BCUT2D eigenvalue weighted by Gasteiger charge is 2.43. The van der Waals surface area contributed by atoms with Crippen LogP contribution in [-0.2, 0) is 9.84 Å². The van der Waals surface area contributed by atoms with Gasteiger partial charge >= 0.3 is 0 Å². The molecule has 1 N–H and O–H groups in total. The van der Waals surface area contributed by atoms with Gasteiger partial charge in [-0.1, -0.05) is 66.0 Å². The first kappa shape index (κ1) is 27.9. The van der Waals surface area contributed by atoms with Crippen LogP contribution in [0.25, 0.3) is 0 Å². The average molecular weight is 475 g/mol. The average Bonchev–Trinajstić information content (AvgIpc) is 2.92. The van der Waals surface area contributed by atoms with Crippen molar-refractivity contribution in [1.29, 1.82) is 0 Å². The summed E-state index contributed by atoms with van der Waals surface area (Å²) in [6.07, 6.45) is 13.9. The van der Waals surface area contributed by atoms with Crippen LogP contribution in [0.3, 0.4) is 0 Å². The molecule has 0 aromatic carbocycles. The Bertz CT molecular complexity index is 966. The van der Waals surface area contributed by atoms with Gasteiger partial charge in [-0.05, 0) is 97.5 Å². The van der Waals surface area contributed by atoms with Gasteiger partial charge in [0.2, 0.25) is 0 Å². The van der Waals surface area contributed by atoms with Crippen LogP contribution in [0.4, 0.5) is 0 Å². The minimum atomic E-state index is -3.48. The van der Waals surface area contributed by atoms with Crippen molar-refractivity contribution in [3.8, 4) is 0 Å². The van der Waals surface area contributed by atoms with Gasteiger partial charge in [0.25, 0.3) is 0 Å². The largest absolute Gasteiger partial charge is 0.387 e. The molecule has 1 heterocycles. The van der Waals surface area contributed by atoms with E-state index in [9.17, 15) is 13.5 Å². The number of hydrogen-bond acceptors (Lipinski definition) is 3. The molecule has 0 fully saturated rings. The molecule has 0 bridgehead atoms. The molecule has 0 saturated carbocycles. The topological polar surface area (TPSA) is 54.4 Å². The van der Waals surface area contributed by atoms with Crippen LogP contribution in [0, 0.1) is 5.41 Å². The molecule has 3 nitrogen and oxygen atoms in total. The highest BCUT2D eigenvalue weighted by Crippen LogP contribution is 2.42. The second kappa shape index (κ2) is 11.4. The van der Waals surface area contributed by atoms with Gasteiger partial charge in [-0.2, -0.15) is 0 Å². The Kier molecular flexibility index (Phi) is 9.59. The third kappa shape index (κ3) is 7.05. The molecule has 1 aliphatic carbocycles. The molecular weight excluding hydrogens is 428 g/mol. The lowest BCUT2D eigenvalue weighted by atomic mass is 9.71. The maximum Gasteiger partial charge on any atom is 0.166 e. The van der Waals surface area contributed by atoms with Crippen molar-refractivity contribution in [3.05, 3.63) is 57.7 Å². The van der Waals surface area contributed by atoms with E-state index in [4.69, 9.17) is 0 Å². The third-order valence-electron chi connectivity index (χ3n) is 7.53. The Labute approximate surface area is 203 Å². The molecule has 0 spiro atoms. The van der Waals surface area contributed by atoms with Crippen LogP contribution in [0.1, 0.15) is 100 Å². The number of aliphatic hydroxyl groups excluding tert-OH is 1. The van der Waals surface area contributed by atoms with E-state index in [-0.39, 0.29) is 5.41 Å². The maximum absolute atomic E-state index is 13.3. The van der Waals surface area contributed by atoms with Gasteiger partial charge in [0.1, 0.15) is 5.25 Å². The van der Waals surface area contributed by atoms with Gasteiger partial charge in [0.05, 0.1) is 11.4 Å². The molecular formula is C29H46O3S. The number of rotatable bonds is 9. The second-order valence-electron chi connectivity index (χ2n) is 11.2. The maximum atomic E-state index is 13.3. The Hall–Kier alpha value is -1.39. The van der Waals surface area contributed by atoms with E-state index in [2.05, 4.69) is 59.8 Å². The molecule has 1 aliphatic heterocycles. The third-order valence-corrected chi connectivity index (χ3v) is 10.0. The predicted octanol–water partition coefficient (Wildman–Crippen LogP) is 7.41. The summed E-state index contributed by atoms with van der Waals surface area (Å²) in [5, 5.41) is 9.70. The molecule has 0 saturated heterocycles. The van der Waals surface area contributed by atoms with Crippen molar-refractivity contribution >= 4 is 9.84 Å². The van der Waals surface area contributed by atoms with Crippen LogP contribution in [0.5, 0.6) is 0 Å². The van der Waals surface area contributed by atoms with Gasteiger partial charge < -0.3 is 5.11 Å². The molecule has 33 heavy (non-hydrogen) atoms. The first-order chi connectivity index (χ1) is 15.3. The monoisotopic (exact) mass is 474 g/mol. The molecule has 0 aromatic rings. The smallest absolute Gasteiger partial charge is 0.166 e. The highest BCUT2D eigenvalue weighted by molar-refractivity contribution is 7.93. The van der Waals surface area contributed by atoms with Crippen LogP contribution in [0.15, 0.2) is 57.7 Å². The summed E-state index contributed by atoms with van der Waals surface area (Å²) >= 11 is 0. The van der Waals surface area contributed by atoms with Gasteiger partial charge in [-0.25, -0.2) is 8.42 Å². The number of sulfone groups is 1. The van der Waals surface area contributed by atoms with Gasteiger partial charge in [0.15, 0.2) is 9.84 Å². The minimum absolute atomic E-state index is 0.167. The molecule has 0 radical (unpaired) electrons. The normalized spacial score (nSPS) is 26.3. The Morgan fingerprint density at radius 3 is 2.42 bits per heavy atom. The summed E-state index contributed by atoms with van der Waals surface area (Å²) in [5.74, 6) is 0. The summed E-state index contributed by atoms with van der Waals surface area (Å²) in [5.41, 5.74) is 7.09. The highest BCUT2D eigenvalue weighted by atomic mass is 32.2. The summed E-state index contributed by atoms with van der Waals surface area (Å²) in [6.45, 7) is 16.8. The fourth-order valence-corrected chi connectivity index (χ4v) is 7.63. The summed E-state index contributed by atoms with van der Waals surface area (Å²) < 4.78 is 26.7. The standard InChI is InChI=1S/C29H46O3S/c1-20(2)11-9-12-21(3)14-16-25-19-24(6)28(33(25,31)32)27(30)23(5)15-17-26-22(4)13-10-18-29(26,7)8/h11,14-15,19,25,27-28,30H,9-10,12-13,16-18H2,1-8H3/b21-14+,23-15+. The van der Waals surface area contributed by atoms with E-state index >= 15 is 0 Å².